The first-order valence-electron chi connectivity index (χ1n) is 9.08. The van der Waals surface area contributed by atoms with E-state index < -0.39 is 5.91 Å². The number of benzene rings is 1. The lowest BCUT2D eigenvalue weighted by Gasteiger charge is -2.35. The molecule has 1 aromatic heterocycles. The largest absolute Gasteiger partial charge is 0.367 e. The van der Waals surface area contributed by atoms with Gasteiger partial charge in [-0.3, -0.25) is 4.79 Å². The molecule has 2 fully saturated rings. The standard InChI is InChI=1S/C19H25FN4O/c1-10-11(2)22-17-14(19(21)25)8-15(20)18(16(10)17)24-7-3-4-13(9-24)23-12-5-6-12/h8,12-13,22-23H,3-7,9H2,1-2H3,(H2,21,25). The maximum atomic E-state index is 15.0. The highest BCUT2D eigenvalue weighted by molar-refractivity contribution is 6.10. The average Bonchev–Trinajstić information content (AvgIpc) is 3.33. The van der Waals surface area contributed by atoms with Crippen LogP contribution in [0.2, 0.25) is 0 Å². The second kappa shape index (κ2) is 6.02. The number of hydrogen-bond acceptors (Lipinski definition) is 3. The monoisotopic (exact) mass is 344 g/mol. The maximum absolute atomic E-state index is 15.0. The molecular formula is C19H25FN4O. The molecule has 134 valence electrons. The first-order valence-corrected chi connectivity index (χ1v) is 9.08. The Morgan fingerprint density at radius 1 is 1.32 bits per heavy atom. The molecule has 0 bridgehead atoms. The van der Waals surface area contributed by atoms with Gasteiger partial charge in [0.15, 0.2) is 0 Å². The van der Waals surface area contributed by atoms with Gasteiger partial charge < -0.3 is 20.9 Å². The summed E-state index contributed by atoms with van der Waals surface area (Å²) in [7, 11) is 0. The fourth-order valence-corrected chi connectivity index (χ4v) is 4.01. The Kier molecular flexibility index (Phi) is 3.95. The summed E-state index contributed by atoms with van der Waals surface area (Å²) in [4.78, 5) is 17.1. The summed E-state index contributed by atoms with van der Waals surface area (Å²) in [5.74, 6) is -0.973. The van der Waals surface area contributed by atoms with Gasteiger partial charge in [0.25, 0.3) is 5.91 Å². The number of hydrogen-bond donors (Lipinski definition) is 3. The van der Waals surface area contributed by atoms with E-state index in [9.17, 15) is 4.79 Å². The number of nitrogens with zero attached hydrogens (tertiary/aromatic N) is 1. The van der Waals surface area contributed by atoms with Crippen molar-refractivity contribution in [2.24, 2.45) is 5.73 Å². The van der Waals surface area contributed by atoms with Crippen molar-refractivity contribution in [1.82, 2.24) is 10.3 Å². The zero-order chi connectivity index (χ0) is 17.7. The van der Waals surface area contributed by atoms with Crippen LogP contribution in [0.1, 0.15) is 47.3 Å². The summed E-state index contributed by atoms with van der Waals surface area (Å²) in [5.41, 5.74) is 8.86. The topological polar surface area (TPSA) is 74.2 Å². The number of halogens is 1. The number of nitrogens with two attached hydrogens (primary N) is 1. The summed E-state index contributed by atoms with van der Waals surface area (Å²) in [6.07, 6.45) is 4.66. The zero-order valence-corrected chi connectivity index (χ0v) is 14.8. The molecule has 1 amide bonds. The van der Waals surface area contributed by atoms with E-state index in [1.165, 1.54) is 18.9 Å². The molecule has 1 saturated carbocycles. The molecule has 1 atom stereocenters. The number of primary amides is 1. The third-order valence-electron chi connectivity index (χ3n) is 5.56. The van der Waals surface area contributed by atoms with Crippen molar-refractivity contribution in [3.05, 3.63) is 28.7 Å². The van der Waals surface area contributed by atoms with Gasteiger partial charge in [-0.1, -0.05) is 0 Å². The molecule has 2 aliphatic rings. The van der Waals surface area contributed by atoms with Crippen molar-refractivity contribution in [1.29, 1.82) is 0 Å². The molecule has 1 saturated heterocycles. The number of fused-ring (bicyclic) bond motifs is 1. The predicted octanol–water partition coefficient (Wildman–Crippen LogP) is 2.74. The molecule has 25 heavy (non-hydrogen) atoms. The number of aromatic nitrogens is 1. The summed E-state index contributed by atoms with van der Waals surface area (Å²) in [6, 6.07) is 2.32. The van der Waals surface area contributed by atoms with Crippen LogP contribution < -0.4 is 16.0 Å². The molecule has 2 heterocycles. The Bertz CT molecular complexity index is 840. The maximum Gasteiger partial charge on any atom is 0.250 e. The van der Waals surface area contributed by atoms with Gasteiger partial charge in [0.2, 0.25) is 0 Å². The molecule has 1 unspecified atom stereocenters. The minimum absolute atomic E-state index is 0.220. The summed E-state index contributed by atoms with van der Waals surface area (Å²) >= 11 is 0. The lowest BCUT2D eigenvalue weighted by Crippen LogP contribution is -2.46. The van der Waals surface area contributed by atoms with Crippen LogP contribution in [0.4, 0.5) is 10.1 Å². The molecule has 0 radical (unpaired) electrons. The number of aryl methyl sites for hydroxylation is 2. The SMILES string of the molecule is Cc1[nH]c2c(C(N)=O)cc(F)c(N3CCCC(NC4CC4)C3)c2c1C. The van der Waals surface area contributed by atoms with Crippen molar-refractivity contribution in [3.8, 4) is 0 Å². The van der Waals surface area contributed by atoms with Crippen LogP contribution in [0.25, 0.3) is 10.9 Å². The molecule has 1 aromatic carbocycles. The lowest BCUT2D eigenvalue weighted by atomic mass is 10.0. The van der Waals surface area contributed by atoms with Crippen molar-refractivity contribution >= 4 is 22.5 Å². The third-order valence-corrected chi connectivity index (χ3v) is 5.56. The van der Waals surface area contributed by atoms with Gasteiger partial charge in [-0.2, -0.15) is 0 Å². The van der Waals surface area contributed by atoms with E-state index in [2.05, 4.69) is 15.2 Å². The van der Waals surface area contributed by atoms with Crippen LogP contribution in [-0.4, -0.2) is 36.1 Å². The van der Waals surface area contributed by atoms with E-state index in [0.29, 0.717) is 23.3 Å². The molecule has 1 aliphatic heterocycles. The van der Waals surface area contributed by atoms with Gasteiger partial charge in [0, 0.05) is 36.3 Å². The molecular weight excluding hydrogens is 319 g/mol. The lowest BCUT2D eigenvalue weighted by molar-refractivity contribution is 0.100. The summed E-state index contributed by atoms with van der Waals surface area (Å²) in [5, 5.41) is 4.45. The number of piperidine rings is 1. The molecule has 4 rings (SSSR count). The van der Waals surface area contributed by atoms with Crippen molar-refractivity contribution in [2.45, 2.75) is 51.6 Å². The van der Waals surface area contributed by atoms with Gasteiger partial charge in [-0.05, 0) is 51.2 Å². The number of amides is 1. The van der Waals surface area contributed by atoms with Crippen LogP contribution in [0, 0.1) is 19.7 Å². The van der Waals surface area contributed by atoms with Gasteiger partial charge in [-0.15, -0.1) is 0 Å². The zero-order valence-electron chi connectivity index (χ0n) is 14.8. The molecule has 0 spiro atoms. The Labute approximate surface area is 146 Å². The van der Waals surface area contributed by atoms with E-state index >= 15 is 4.39 Å². The fourth-order valence-electron chi connectivity index (χ4n) is 4.01. The number of aromatic amines is 1. The van der Waals surface area contributed by atoms with Crippen molar-refractivity contribution in [2.75, 3.05) is 18.0 Å². The van der Waals surface area contributed by atoms with Gasteiger partial charge >= 0.3 is 0 Å². The van der Waals surface area contributed by atoms with Crippen LogP contribution in [0.3, 0.4) is 0 Å². The van der Waals surface area contributed by atoms with Gasteiger partial charge in [0.05, 0.1) is 16.8 Å². The number of carbonyl (C=O) groups excluding carboxylic acids is 1. The highest BCUT2D eigenvalue weighted by atomic mass is 19.1. The van der Waals surface area contributed by atoms with E-state index in [1.54, 1.807) is 0 Å². The Hall–Kier alpha value is -2.08. The van der Waals surface area contributed by atoms with E-state index in [0.717, 1.165) is 42.6 Å². The van der Waals surface area contributed by atoms with Crippen LogP contribution in [0.15, 0.2) is 6.07 Å². The van der Waals surface area contributed by atoms with Gasteiger partial charge in [0.1, 0.15) is 5.82 Å². The normalized spacial score (nSPS) is 21.1. The Morgan fingerprint density at radius 2 is 2.08 bits per heavy atom. The molecule has 4 N–H and O–H groups in total. The number of carbonyl (C=O) groups is 1. The minimum atomic E-state index is -0.608. The van der Waals surface area contributed by atoms with Crippen LogP contribution in [0.5, 0.6) is 0 Å². The van der Waals surface area contributed by atoms with E-state index in [4.69, 9.17) is 5.73 Å². The van der Waals surface area contributed by atoms with Crippen molar-refractivity contribution in [3.63, 3.8) is 0 Å². The third kappa shape index (κ3) is 2.88. The molecule has 1 aliphatic carbocycles. The quantitative estimate of drug-likeness (QED) is 0.798. The summed E-state index contributed by atoms with van der Waals surface area (Å²) in [6.45, 7) is 5.53. The smallest absolute Gasteiger partial charge is 0.250 e. The van der Waals surface area contributed by atoms with Crippen molar-refractivity contribution < 1.29 is 9.18 Å². The molecule has 5 nitrogen and oxygen atoms in total. The highest BCUT2D eigenvalue weighted by Gasteiger charge is 2.30. The number of rotatable bonds is 4. The molecule has 6 heteroatoms. The van der Waals surface area contributed by atoms with Crippen LogP contribution in [-0.2, 0) is 0 Å². The Morgan fingerprint density at radius 3 is 2.76 bits per heavy atom. The fraction of sp³-hybridized carbons (Fsp3) is 0.526. The number of H-pyrrole nitrogens is 1. The Balaban J connectivity index is 1.79. The second-order valence-corrected chi connectivity index (χ2v) is 7.47. The molecule has 2 aromatic rings. The minimum Gasteiger partial charge on any atom is -0.367 e. The second-order valence-electron chi connectivity index (χ2n) is 7.47. The number of nitrogens with one attached hydrogen (secondary N) is 2. The van der Waals surface area contributed by atoms with E-state index in [1.807, 2.05) is 13.8 Å². The first kappa shape index (κ1) is 16.4. The first-order chi connectivity index (χ1) is 12.0. The van der Waals surface area contributed by atoms with Crippen LogP contribution >= 0.6 is 0 Å². The van der Waals surface area contributed by atoms with Gasteiger partial charge in [-0.25, -0.2) is 4.39 Å². The predicted molar refractivity (Wildman–Crippen MR) is 97.6 cm³/mol. The number of anilines is 1. The average molecular weight is 344 g/mol. The highest BCUT2D eigenvalue weighted by Crippen LogP contribution is 2.37. The van der Waals surface area contributed by atoms with E-state index in [-0.39, 0.29) is 11.4 Å². The summed E-state index contributed by atoms with van der Waals surface area (Å²) < 4.78 is 15.0.